The second-order valence-electron chi connectivity index (χ2n) is 6.35. The van der Waals surface area contributed by atoms with Gasteiger partial charge in [0, 0.05) is 16.3 Å². The molecule has 0 unspecified atom stereocenters. The number of benzene rings is 2. The van der Waals surface area contributed by atoms with E-state index in [4.69, 9.17) is 18.6 Å². The topological polar surface area (TPSA) is 95.2 Å². The van der Waals surface area contributed by atoms with E-state index < -0.39 is 5.63 Å². The van der Waals surface area contributed by atoms with Gasteiger partial charge in [-0.05, 0) is 24.3 Å². The third kappa shape index (κ3) is 4.22. The molecule has 0 saturated carbocycles. The van der Waals surface area contributed by atoms with Crippen LogP contribution < -0.4 is 25.3 Å². The first-order valence-electron chi connectivity index (χ1n) is 9.21. The summed E-state index contributed by atoms with van der Waals surface area (Å²) in [7, 11) is 4.65. The van der Waals surface area contributed by atoms with Crippen LogP contribution in [0.5, 0.6) is 17.2 Å². The Morgan fingerprint density at radius 1 is 1.06 bits per heavy atom. The standard InChI is InChI=1S/C22H19N3O5S/c1-27-18-8-13(9-19(28-2)20(18)29-3)11-23-25-22-24-16(12-31-22)15-10-14-6-4-5-7-17(14)30-21(15)26/h4-12H,1-3H3,(H,24,25)/b23-11+. The van der Waals surface area contributed by atoms with Crippen molar-refractivity contribution in [1.29, 1.82) is 0 Å². The molecule has 4 rings (SSSR count). The zero-order chi connectivity index (χ0) is 21.8. The molecular formula is C22H19N3O5S. The molecular weight excluding hydrogens is 418 g/mol. The van der Waals surface area contributed by atoms with Crippen molar-refractivity contribution in [2.45, 2.75) is 0 Å². The maximum Gasteiger partial charge on any atom is 0.345 e. The molecule has 0 fully saturated rings. The maximum atomic E-state index is 12.3. The lowest BCUT2D eigenvalue weighted by molar-refractivity contribution is 0.324. The van der Waals surface area contributed by atoms with Gasteiger partial charge in [0.15, 0.2) is 11.5 Å². The van der Waals surface area contributed by atoms with Crippen molar-refractivity contribution in [3.63, 3.8) is 0 Å². The van der Waals surface area contributed by atoms with Crippen LogP contribution >= 0.6 is 11.3 Å². The zero-order valence-electron chi connectivity index (χ0n) is 17.0. The Balaban J connectivity index is 1.55. The second kappa shape index (κ2) is 8.88. The van der Waals surface area contributed by atoms with Gasteiger partial charge in [-0.15, -0.1) is 11.3 Å². The number of nitrogens with one attached hydrogen (secondary N) is 1. The van der Waals surface area contributed by atoms with Gasteiger partial charge in [-0.25, -0.2) is 9.78 Å². The molecule has 4 aromatic rings. The van der Waals surface area contributed by atoms with E-state index in [0.717, 1.165) is 10.9 Å². The number of hydrogen-bond donors (Lipinski definition) is 1. The number of thiazole rings is 1. The van der Waals surface area contributed by atoms with E-state index >= 15 is 0 Å². The highest BCUT2D eigenvalue weighted by Crippen LogP contribution is 2.37. The molecule has 9 heteroatoms. The smallest absolute Gasteiger partial charge is 0.345 e. The van der Waals surface area contributed by atoms with Crippen molar-refractivity contribution >= 4 is 33.7 Å². The largest absolute Gasteiger partial charge is 0.493 e. The highest BCUT2D eigenvalue weighted by atomic mass is 32.1. The Kier molecular flexibility index (Phi) is 5.85. The average Bonchev–Trinajstić information content (AvgIpc) is 3.26. The lowest BCUT2D eigenvalue weighted by Crippen LogP contribution is -2.02. The Morgan fingerprint density at radius 2 is 1.81 bits per heavy atom. The number of nitrogens with zero attached hydrogens (tertiary/aromatic N) is 2. The lowest BCUT2D eigenvalue weighted by atomic mass is 10.1. The Morgan fingerprint density at radius 3 is 2.52 bits per heavy atom. The summed E-state index contributed by atoms with van der Waals surface area (Å²) >= 11 is 1.33. The molecule has 0 atom stereocenters. The first kappa shape index (κ1) is 20.4. The van der Waals surface area contributed by atoms with Crippen LogP contribution in [-0.4, -0.2) is 32.5 Å². The van der Waals surface area contributed by atoms with Crippen molar-refractivity contribution in [3.05, 3.63) is 63.8 Å². The molecule has 0 saturated heterocycles. The molecule has 31 heavy (non-hydrogen) atoms. The van der Waals surface area contributed by atoms with Gasteiger partial charge in [0.2, 0.25) is 10.9 Å². The number of aromatic nitrogens is 1. The number of hydrogen-bond acceptors (Lipinski definition) is 9. The van der Waals surface area contributed by atoms with Gasteiger partial charge in [-0.3, -0.25) is 5.43 Å². The summed E-state index contributed by atoms with van der Waals surface area (Å²) in [4.78, 5) is 16.8. The Hall–Kier alpha value is -3.85. The van der Waals surface area contributed by atoms with E-state index in [1.54, 1.807) is 57.2 Å². The molecule has 2 heterocycles. The number of anilines is 1. The average molecular weight is 437 g/mol. The third-order valence-electron chi connectivity index (χ3n) is 4.48. The third-order valence-corrected chi connectivity index (χ3v) is 5.23. The molecule has 8 nitrogen and oxygen atoms in total. The highest BCUT2D eigenvalue weighted by molar-refractivity contribution is 7.14. The van der Waals surface area contributed by atoms with Crippen LogP contribution in [0.15, 0.2) is 62.2 Å². The minimum atomic E-state index is -0.434. The summed E-state index contributed by atoms with van der Waals surface area (Å²) in [5.41, 5.74) is 4.65. The van der Waals surface area contributed by atoms with Gasteiger partial charge in [0.1, 0.15) is 5.58 Å². The van der Waals surface area contributed by atoms with Gasteiger partial charge in [-0.2, -0.15) is 5.10 Å². The predicted octanol–water partition coefficient (Wildman–Crippen LogP) is 4.39. The molecule has 0 aliphatic rings. The summed E-state index contributed by atoms with van der Waals surface area (Å²) in [6, 6.07) is 12.7. The Labute approximate surface area is 181 Å². The Bertz CT molecular complexity index is 1290. The van der Waals surface area contributed by atoms with E-state index in [0.29, 0.717) is 39.2 Å². The summed E-state index contributed by atoms with van der Waals surface area (Å²) in [5.74, 6) is 1.57. The van der Waals surface area contributed by atoms with Gasteiger partial charge in [-0.1, -0.05) is 18.2 Å². The summed E-state index contributed by atoms with van der Waals surface area (Å²) in [5, 5.41) is 7.36. The van der Waals surface area contributed by atoms with Crippen LogP contribution in [0.3, 0.4) is 0 Å². The fourth-order valence-electron chi connectivity index (χ4n) is 3.03. The maximum absolute atomic E-state index is 12.3. The van der Waals surface area contributed by atoms with Crippen molar-refractivity contribution < 1.29 is 18.6 Å². The van der Waals surface area contributed by atoms with E-state index in [9.17, 15) is 4.79 Å². The molecule has 1 N–H and O–H groups in total. The molecule has 0 radical (unpaired) electrons. The number of hydrazone groups is 1. The van der Waals surface area contributed by atoms with Crippen molar-refractivity contribution in [2.75, 3.05) is 26.8 Å². The van der Waals surface area contributed by atoms with Crippen LogP contribution in [-0.2, 0) is 0 Å². The monoisotopic (exact) mass is 437 g/mol. The first-order valence-corrected chi connectivity index (χ1v) is 10.1. The normalized spacial score (nSPS) is 11.1. The number of para-hydroxylation sites is 1. The summed E-state index contributed by atoms with van der Waals surface area (Å²) < 4.78 is 21.4. The minimum Gasteiger partial charge on any atom is -0.493 e. The number of rotatable bonds is 7. The molecule has 0 bridgehead atoms. The molecule has 0 spiro atoms. The van der Waals surface area contributed by atoms with Gasteiger partial charge >= 0.3 is 5.63 Å². The van der Waals surface area contributed by atoms with Crippen LogP contribution in [0.25, 0.3) is 22.2 Å². The van der Waals surface area contributed by atoms with Crippen molar-refractivity contribution in [1.82, 2.24) is 4.98 Å². The van der Waals surface area contributed by atoms with Crippen LogP contribution in [0.2, 0.25) is 0 Å². The SMILES string of the molecule is COc1cc(/C=N/Nc2nc(-c3cc4ccccc4oc3=O)cs2)cc(OC)c1OC. The highest BCUT2D eigenvalue weighted by Gasteiger charge is 2.13. The molecule has 158 valence electrons. The quantitative estimate of drug-likeness (QED) is 0.260. The van der Waals surface area contributed by atoms with Crippen LogP contribution in [0.1, 0.15) is 5.56 Å². The number of ether oxygens (including phenoxy) is 3. The van der Waals surface area contributed by atoms with Crippen molar-refractivity contribution in [3.8, 4) is 28.5 Å². The molecule has 0 aliphatic carbocycles. The van der Waals surface area contributed by atoms with E-state index in [2.05, 4.69) is 15.5 Å². The molecule has 2 aromatic carbocycles. The zero-order valence-corrected chi connectivity index (χ0v) is 17.9. The molecule has 0 aliphatic heterocycles. The van der Waals surface area contributed by atoms with Gasteiger partial charge < -0.3 is 18.6 Å². The van der Waals surface area contributed by atoms with Crippen LogP contribution in [0, 0.1) is 0 Å². The number of fused-ring (bicyclic) bond motifs is 1. The van der Waals surface area contributed by atoms with Crippen molar-refractivity contribution in [2.24, 2.45) is 5.10 Å². The second-order valence-corrected chi connectivity index (χ2v) is 7.21. The fourth-order valence-corrected chi connectivity index (χ4v) is 3.69. The first-order chi connectivity index (χ1) is 15.1. The van der Waals surface area contributed by atoms with Crippen LogP contribution in [0.4, 0.5) is 5.13 Å². The van der Waals surface area contributed by atoms with E-state index in [-0.39, 0.29) is 0 Å². The molecule has 0 amide bonds. The summed E-state index contributed by atoms with van der Waals surface area (Å²) in [6.07, 6.45) is 1.61. The van der Waals surface area contributed by atoms with E-state index in [1.807, 2.05) is 18.2 Å². The fraction of sp³-hybridized carbons (Fsp3) is 0.136. The molecule has 2 aromatic heterocycles. The lowest BCUT2D eigenvalue weighted by Gasteiger charge is -2.12. The summed E-state index contributed by atoms with van der Waals surface area (Å²) in [6.45, 7) is 0. The number of methoxy groups -OCH3 is 3. The van der Waals surface area contributed by atoms with E-state index in [1.165, 1.54) is 11.3 Å². The predicted molar refractivity (Wildman–Crippen MR) is 121 cm³/mol. The van der Waals surface area contributed by atoms with Gasteiger partial charge in [0.25, 0.3) is 0 Å². The van der Waals surface area contributed by atoms with Gasteiger partial charge in [0.05, 0.1) is 38.8 Å². The minimum absolute atomic E-state index is 0.400.